The number of hydrogen-bond acceptors (Lipinski definition) is 2. The Balaban J connectivity index is 2.64. The Labute approximate surface area is 107 Å². The van der Waals surface area contributed by atoms with Crippen molar-refractivity contribution in [2.24, 2.45) is 0 Å². The summed E-state index contributed by atoms with van der Waals surface area (Å²) in [7, 11) is 0. The molecular weight excluding hydrogens is 259 g/mol. The maximum absolute atomic E-state index is 12.2. The monoisotopic (exact) mass is 264 g/mol. The quantitative estimate of drug-likeness (QED) is 0.355. The molecule has 0 atom stereocenters. The van der Waals surface area contributed by atoms with E-state index in [0.717, 1.165) is 4.73 Å². The van der Waals surface area contributed by atoms with E-state index in [1.165, 1.54) is 0 Å². The molecule has 0 aliphatic rings. The van der Waals surface area contributed by atoms with Crippen molar-refractivity contribution in [2.75, 3.05) is 0 Å². The van der Waals surface area contributed by atoms with Crippen molar-refractivity contribution in [2.45, 2.75) is 0 Å². The summed E-state index contributed by atoms with van der Waals surface area (Å²) in [6, 6.07) is 10.3. The first kappa shape index (κ1) is 10.6. The molecule has 0 radical (unpaired) electrons. The zero-order valence-corrected chi connectivity index (χ0v) is 10.0. The highest BCUT2D eigenvalue weighted by Gasteiger charge is 2.17. The summed E-state index contributed by atoms with van der Waals surface area (Å²) in [5.41, 5.74) is 1.80. The lowest BCUT2D eigenvalue weighted by molar-refractivity contribution is -0.548. The molecule has 0 N–H and O–H groups in total. The molecular formula is C12H6Cl2N2O. The van der Waals surface area contributed by atoms with Crippen molar-refractivity contribution in [3.8, 4) is 0 Å². The number of aromatic nitrogens is 2. The summed E-state index contributed by atoms with van der Waals surface area (Å²) < 4.78 is 0.770. The van der Waals surface area contributed by atoms with E-state index < -0.39 is 0 Å². The molecule has 1 aromatic heterocycles. The minimum atomic E-state index is 0.304. The van der Waals surface area contributed by atoms with Gasteiger partial charge in [0.15, 0.2) is 5.52 Å². The van der Waals surface area contributed by atoms with Gasteiger partial charge in [0, 0.05) is 6.07 Å². The van der Waals surface area contributed by atoms with Crippen LogP contribution in [-0.4, -0.2) is 4.98 Å². The Hall–Kier alpha value is -1.58. The summed E-state index contributed by atoms with van der Waals surface area (Å²) >= 11 is 12.0. The second kappa shape index (κ2) is 3.72. The van der Waals surface area contributed by atoms with Crippen LogP contribution in [0.2, 0.25) is 10.0 Å². The minimum absolute atomic E-state index is 0.304. The Kier molecular flexibility index (Phi) is 2.31. The van der Waals surface area contributed by atoms with Crippen molar-refractivity contribution in [3.63, 3.8) is 0 Å². The summed E-state index contributed by atoms with van der Waals surface area (Å²) in [6.45, 7) is 0. The first-order chi connectivity index (χ1) is 8.18. The minimum Gasteiger partial charge on any atom is -0.618 e. The van der Waals surface area contributed by atoms with Crippen molar-refractivity contribution < 1.29 is 4.73 Å². The maximum Gasteiger partial charge on any atom is 0.263 e. The van der Waals surface area contributed by atoms with Gasteiger partial charge in [-0.1, -0.05) is 35.3 Å². The van der Waals surface area contributed by atoms with Gasteiger partial charge in [-0.3, -0.25) is 0 Å². The molecule has 2 aromatic carbocycles. The van der Waals surface area contributed by atoms with E-state index in [1.807, 2.05) is 6.07 Å². The molecule has 0 aliphatic heterocycles. The first-order valence-electron chi connectivity index (χ1n) is 4.94. The molecule has 0 saturated carbocycles. The summed E-state index contributed by atoms with van der Waals surface area (Å²) in [6.07, 6.45) is 0. The Morgan fingerprint density at radius 1 is 1.00 bits per heavy atom. The van der Waals surface area contributed by atoms with Crippen LogP contribution in [0.15, 0.2) is 36.4 Å². The molecule has 17 heavy (non-hydrogen) atoms. The zero-order valence-electron chi connectivity index (χ0n) is 8.52. The first-order valence-corrected chi connectivity index (χ1v) is 5.70. The second-order valence-electron chi connectivity index (χ2n) is 3.62. The van der Waals surface area contributed by atoms with E-state index in [0.29, 0.717) is 32.1 Å². The van der Waals surface area contributed by atoms with E-state index in [9.17, 15) is 5.21 Å². The van der Waals surface area contributed by atoms with Gasteiger partial charge in [0.25, 0.3) is 5.52 Å². The SMILES string of the molecule is [O-][n+]1c2ccccc2nc2c(Cl)ccc(Cl)c21. The van der Waals surface area contributed by atoms with Crippen LogP contribution in [0.4, 0.5) is 0 Å². The molecule has 0 unspecified atom stereocenters. The van der Waals surface area contributed by atoms with Crippen LogP contribution < -0.4 is 4.73 Å². The van der Waals surface area contributed by atoms with Crippen LogP contribution in [0.3, 0.4) is 0 Å². The van der Waals surface area contributed by atoms with Gasteiger partial charge < -0.3 is 5.21 Å². The van der Waals surface area contributed by atoms with Gasteiger partial charge in [-0.25, -0.2) is 4.98 Å². The maximum atomic E-state index is 12.2. The van der Waals surface area contributed by atoms with Crippen molar-refractivity contribution >= 4 is 45.3 Å². The fraction of sp³-hybridized carbons (Fsp3) is 0. The lowest BCUT2D eigenvalue weighted by Crippen LogP contribution is -2.29. The zero-order chi connectivity index (χ0) is 12.0. The van der Waals surface area contributed by atoms with E-state index in [1.54, 1.807) is 30.3 Å². The van der Waals surface area contributed by atoms with Crippen LogP contribution in [0.1, 0.15) is 0 Å². The van der Waals surface area contributed by atoms with Crippen LogP contribution in [0, 0.1) is 5.21 Å². The Bertz CT molecular complexity index is 743. The molecule has 84 valence electrons. The number of fused-ring (bicyclic) bond motifs is 2. The molecule has 3 rings (SSSR count). The largest absolute Gasteiger partial charge is 0.618 e. The molecule has 0 amide bonds. The highest BCUT2D eigenvalue weighted by molar-refractivity contribution is 6.39. The number of para-hydroxylation sites is 2. The predicted molar refractivity (Wildman–Crippen MR) is 68.2 cm³/mol. The van der Waals surface area contributed by atoms with Crippen molar-refractivity contribution in [3.05, 3.63) is 51.7 Å². The van der Waals surface area contributed by atoms with Crippen LogP contribution in [0.5, 0.6) is 0 Å². The molecule has 0 spiro atoms. The Morgan fingerprint density at radius 2 is 1.71 bits per heavy atom. The van der Waals surface area contributed by atoms with E-state index in [2.05, 4.69) is 4.98 Å². The van der Waals surface area contributed by atoms with E-state index in [-0.39, 0.29) is 0 Å². The van der Waals surface area contributed by atoms with Gasteiger partial charge in [0.1, 0.15) is 10.5 Å². The van der Waals surface area contributed by atoms with Gasteiger partial charge in [0.05, 0.1) is 5.02 Å². The second-order valence-corrected chi connectivity index (χ2v) is 4.44. The van der Waals surface area contributed by atoms with Gasteiger partial charge in [-0.05, 0) is 18.2 Å². The molecule has 3 aromatic rings. The van der Waals surface area contributed by atoms with E-state index in [4.69, 9.17) is 23.2 Å². The molecule has 5 heteroatoms. The number of halogens is 2. The summed E-state index contributed by atoms with van der Waals surface area (Å²) in [5, 5.41) is 13.0. The average Bonchev–Trinajstić information content (AvgIpc) is 2.34. The normalized spacial score (nSPS) is 11.2. The number of hydrogen-bond donors (Lipinski definition) is 0. The van der Waals surface area contributed by atoms with Crippen LogP contribution in [0.25, 0.3) is 22.1 Å². The topological polar surface area (TPSA) is 39.8 Å². The average molecular weight is 265 g/mol. The van der Waals surface area contributed by atoms with Gasteiger partial charge in [0.2, 0.25) is 5.52 Å². The van der Waals surface area contributed by atoms with Crippen molar-refractivity contribution in [1.29, 1.82) is 0 Å². The lowest BCUT2D eigenvalue weighted by atomic mass is 10.2. The van der Waals surface area contributed by atoms with Gasteiger partial charge in [-0.2, -0.15) is 4.73 Å². The summed E-state index contributed by atoms with van der Waals surface area (Å²) in [4.78, 5) is 4.36. The lowest BCUT2D eigenvalue weighted by Gasteiger charge is -2.06. The van der Waals surface area contributed by atoms with E-state index >= 15 is 0 Å². The fourth-order valence-corrected chi connectivity index (χ4v) is 2.23. The number of nitrogens with zero attached hydrogens (tertiary/aromatic N) is 2. The van der Waals surface area contributed by atoms with Crippen molar-refractivity contribution in [1.82, 2.24) is 4.98 Å². The smallest absolute Gasteiger partial charge is 0.263 e. The third kappa shape index (κ3) is 1.51. The van der Waals surface area contributed by atoms with Gasteiger partial charge in [-0.15, -0.1) is 0 Å². The molecule has 3 nitrogen and oxygen atoms in total. The third-order valence-corrected chi connectivity index (χ3v) is 3.20. The van der Waals surface area contributed by atoms with Gasteiger partial charge >= 0.3 is 0 Å². The summed E-state index contributed by atoms with van der Waals surface area (Å²) in [5.74, 6) is 0. The molecule has 0 saturated heterocycles. The number of rotatable bonds is 0. The molecule has 0 aliphatic carbocycles. The fourth-order valence-electron chi connectivity index (χ4n) is 1.80. The number of benzene rings is 2. The predicted octanol–water partition coefficient (Wildman–Crippen LogP) is 3.33. The highest BCUT2D eigenvalue weighted by Crippen LogP contribution is 2.27. The standard InChI is InChI=1S/C12H6Cl2N2O/c13-7-5-6-8(14)12-11(7)15-9-3-1-2-4-10(9)16(12)17/h1-6H. The third-order valence-electron chi connectivity index (χ3n) is 2.59. The van der Waals surface area contributed by atoms with Crippen LogP contribution >= 0.6 is 23.2 Å². The highest BCUT2D eigenvalue weighted by atomic mass is 35.5. The molecule has 0 bridgehead atoms. The Morgan fingerprint density at radius 3 is 2.53 bits per heavy atom. The molecule has 1 heterocycles. The molecule has 0 fully saturated rings. The van der Waals surface area contributed by atoms with Crippen LogP contribution in [-0.2, 0) is 0 Å².